The molecule has 6 nitrogen and oxygen atoms in total. The molecule has 0 spiro atoms. The molecule has 1 aliphatic heterocycles. The Balaban J connectivity index is 1.30. The first-order valence-corrected chi connectivity index (χ1v) is 10.1. The van der Waals surface area contributed by atoms with E-state index in [-0.39, 0.29) is 5.91 Å². The molecule has 1 amide bonds. The quantitative estimate of drug-likeness (QED) is 0.499. The van der Waals surface area contributed by atoms with Crippen LogP contribution in [0.25, 0.3) is 10.9 Å². The number of hydrogen-bond acceptors (Lipinski definition) is 5. The molecule has 0 radical (unpaired) electrons. The highest BCUT2D eigenvalue weighted by Crippen LogP contribution is 2.24. The highest BCUT2D eigenvalue weighted by Gasteiger charge is 2.15. The number of carbonyl (C=O) groups excluding carboxylic acids is 1. The van der Waals surface area contributed by atoms with Crippen molar-refractivity contribution < 1.29 is 4.79 Å². The van der Waals surface area contributed by atoms with E-state index < -0.39 is 0 Å². The molecular formula is C21H19N5OS. The second-order valence-electron chi connectivity index (χ2n) is 6.90. The molecule has 7 heteroatoms. The Morgan fingerprint density at radius 1 is 1.14 bits per heavy atom. The van der Waals surface area contributed by atoms with Gasteiger partial charge in [0.05, 0.1) is 0 Å². The van der Waals surface area contributed by atoms with E-state index in [0.29, 0.717) is 17.1 Å². The minimum absolute atomic E-state index is 0.142. The van der Waals surface area contributed by atoms with Crippen molar-refractivity contribution in [1.29, 1.82) is 0 Å². The minimum atomic E-state index is -0.142. The molecule has 2 aromatic carbocycles. The van der Waals surface area contributed by atoms with Crippen LogP contribution in [0.4, 0.5) is 5.13 Å². The molecule has 3 N–H and O–H groups in total. The van der Waals surface area contributed by atoms with Crippen LogP contribution < -0.4 is 10.6 Å². The van der Waals surface area contributed by atoms with Gasteiger partial charge in [0.15, 0.2) is 0 Å². The van der Waals surface area contributed by atoms with E-state index in [2.05, 4.69) is 37.9 Å². The van der Waals surface area contributed by atoms with Crippen molar-refractivity contribution in [2.75, 3.05) is 11.9 Å². The van der Waals surface area contributed by atoms with Gasteiger partial charge >= 0.3 is 0 Å². The van der Waals surface area contributed by atoms with E-state index in [1.54, 1.807) is 0 Å². The average molecular weight is 389 g/mol. The van der Waals surface area contributed by atoms with Crippen molar-refractivity contribution in [2.45, 2.75) is 19.4 Å². The van der Waals surface area contributed by atoms with Crippen molar-refractivity contribution in [2.24, 2.45) is 0 Å². The summed E-state index contributed by atoms with van der Waals surface area (Å²) in [5.74, 6) is -0.142. The number of nitrogens with zero attached hydrogens (tertiary/aromatic N) is 2. The lowest BCUT2D eigenvalue weighted by atomic mass is 9.98. The molecule has 0 unspecified atom stereocenters. The Morgan fingerprint density at radius 2 is 2.07 bits per heavy atom. The van der Waals surface area contributed by atoms with Gasteiger partial charge in [-0.15, -0.1) is 10.2 Å². The van der Waals surface area contributed by atoms with Crippen molar-refractivity contribution in [3.05, 3.63) is 75.9 Å². The fourth-order valence-electron chi connectivity index (χ4n) is 3.60. The molecule has 1 aliphatic rings. The SMILES string of the molecule is O=C(Nc1nnc(Cc2c[nH]c3ccccc23)s1)c1ccc2c(c1)CCNC2. The predicted octanol–water partition coefficient (Wildman–Crippen LogP) is 3.51. The molecule has 0 atom stereocenters. The summed E-state index contributed by atoms with van der Waals surface area (Å²) < 4.78 is 0. The Labute approximate surface area is 166 Å². The molecule has 0 fully saturated rings. The first-order chi connectivity index (χ1) is 13.8. The van der Waals surface area contributed by atoms with Gasteiger partial charge in [-0.2, -0.15) is 0 Å². The molecular weight excluding hydrogens is 370 g/mol. The van der Waals surface area contributed by atoms with E-state index in [1.165, 1.54) is 33.4 Å². The number of anilines is 1. The van der Waals surface area contributed by atoms with Gasteiger partial charge in [0.1, 0.15) is 5.01 Å². The lowest BCUT2D eigenvalue weighted by Crippen LogP contribution is -2.24. The van der Waals surface area contributed by atoms with E-state index in [9.17, 15) is 4.79 Å². The number of H-pyrrole nitrogens is 1. The number of carbonyl (C=O) groups is 1. The number of fused-ring (bicyclic) bond motifs is 2. The number of rotatable bonds is 4. The Hall–Kier alpha value is -3.03. The molecule has 140 valence electrons. The van der Waals surface area contributed by atoms with Crippen LogP contribution in [0.5, 0.6) is 0 Å². The summed E-state index contributed by atoms with van der Waals surface area (Å²) in [6, 6.07) is 14.1. The van der Waals surface area contributed by atoms with Crippen LogP contribution in [0, 0.1) is 0 Å². The largest absolute Gasteiger partial charge is 0.361 e. The van der Waals surface area contributed by atoms with E-state index in [0.717, 1.165) is 30.0 Å². The zero-order valence-corrected chi connectivity index (χ0v) is 16.0. The zero-order valence-electron chi connectivity index (χ0n) is 15.2. The van der Waals surface area contributed by atoms with E-state index in [4.69, 9.17) is 0 Å². The normalized spacial score (nSPS) is 13.4. The van der Waals surface area contributed by atoms with Crippen molar-refractivity contribution in [3.8, 4) is 0 Å². The van der Waals surface area contributed by atoms with Gasteiger partial charge in [-0.1, -0.05) is 35.6 Å². The molecule has 2 aromatic heterocycles. The summed E-state index contributed by atoms with van der Waals surface area (Å²) in [6.07, 6.45) is 3.64. The first kappa shape index (κ1) is 17.1. The van der Waals surface area contributed by atoms with Gasteiger partial charge < -0.3 is 10.3 Å². The average Bonchev–Trinajstić information content (AvgIpc) is 3.35. The van der Waals surface area contributed by atoms with Crippen LogP contribution in [0.3, 0.4) is 0 Å². The number of aromatic nitrogens is 3. The van der Waals surface area contributed by atoms with Crippen LogP contribution in [-0.4, -0.2) is 27.6 Å². The zero-order chi connectivity index (χ0) is 18.9. The first-order valence-electron chi connectivity index (χ1n) is 9.27. The molecule has 28 heavy (non-hydrogen) atoms. The second-order valence-corrected chi connectivity index (χ2v) is 7.96. The summed E-state index contributed by atoms with van der Waals surface area (Å²) in [7, 11) is 0. The fraction of sp³-hybridized carbons (Fsp3) is 0.190. The van der Waals surface area contributed by atoms with E-state index in [1.807, 2.05) is 36.5 Å². The summed E-state index contributed by atoms with van der Waals surface area (Å²) in [4.78, 5) is 15.9. The minimum Gasteiger partial charge on any atom is -0.361 e. The summed E-state index contributed by atoms with van der Waals surface area (Å²) in [5, 5.41) is 17.2. The number of nitrogens with one attached hydrogen (secondary N) is 3. The number of hydrogen-bond donors (Lipinski definition) is 3. The van der Waals surface area contributed by atoms with Crippen LogP contribution in [0.2, 0.25) is 0 Å². The van der Waals surface area contributed by atoms with Crippen molar-refractivity contribution >= 4 is 33.3 Å². The highest BCUT2D eigenvalue weighted by molar-refractivity contribution is 7.15. The second kappa shape index (κ2) is 7.18. The molecule has 3 heterocycles. The number of amides is 1. The highest BCUT2D eigenvalue weighted by atomic mass is 32.1. The monoisotopic (exact) mass is 389 g/mol. The molecule has 0 bridgehead atoms. The van der Waals surface area contributed by atoms with Gasteiger partial charge in [0.2, 0.25) is 5.13 Å². The van der Waals surface area contributed by atoms with Crippen LogP contribution in [0.1, 0.15) is 32.1 Å². The molecule has 4 aromatic rings. The number of para-hydroxylation sites is 1. The molecule has 0 saturated carbocycles. The Kier molecular flexibility index (Phi) is 4.38. The smallest absolute Gasteiger partial charge is 0.257 e. The van der Waals surface area contributed by atoms with Crippen LogP contribution in [0.15, 0.2) is 48.7 Å². The Bertz CT molecular complexity index is 1160. The van der Waals surface area contributed by atoms with Crippen LogP contribution >= 0.6 is 11.3 Å². The van der Waals surface area contributed by atoms with Gasteiger partial charge in [-0.25, -0.2) is 0 Å². The van der Waals surface area contributed by atoms with Gasteiger partial charge in [-0.3, -0.25) is 10.1 Å². The van der Waals surface area contributed by atoms with Gasteiger partial charge in [-0.05, 0) is 47.9 Å². The fourth-order valence-corrected chi connectivity index (χ4v) is 4.36. The standard InChI is InChI=1S/C21H19N5OS/c27-20(14-5-6-15-11-22-8-7-13(15)9-14)24-21-26-25-19(28-21)10-16-12-23-18-4-2-1-3-17(16)18/h1-6,9,12,22-23H,7-8,10-11H2,(H,24,26,27). The third-order valence-electron chi connectivity index (χ3n) is 5.06. The maximum absolute atomic E-state index is 12.6. The van der Waals surface area contributed by atoms with Crippen LogP contribution in [-0.2, 0) is 19.4 Å². The van der Waals surface area contributed by atoms with Gasteiger partial charge in [0, 0.05) is 35.6 Å². The summed E-state index contributed by atoms with van der Waals surface area (Å²) >= 11 is 1.41. The topological polar surface area (TPSA) is 82.7 Å². The maximum atomic E-state index is 12.6. The number of benzene rings is 2. The lowest BCUT2D eigenvalue weighted by molar-refractivity contribution is 0.102. The third kappa shape index (κ3) is 3.30. The lowest BCUT2D eigenvalue weighted by Gasteiger charge is -2.17. The van der Waals surface area contributed by atoms with Gasteiger partial charge in [0.25, 0.3) is 5.91 Å². The molecule has 0 aliphatic carbocycles. The number of aromatic amines is 1. The summed E-state index contributed by atoms with van der Waals surface area (Å²) in [6.45, 7) is 1.82. The Morgan fingerprint density at radius 3 is 3.04 bits per heavy atom. The third-order valence-corrected chi connectivity index (χ3v) is 5.90. The predicted molar refractivity (Wildman–Crippen MR) is 111 cm³/mol. The summed E-state index contributed by atoms with van der Waals surface area (Å²) in [5.41, 5.74) is 5.45. The maximum Gasteiger partial charge on any atom is 0.257 e. The molecule has 5 rings (SSSR count). The van der Waals surface area contributed by atoms with Crippen molar-refractivity contribution in [1.82, 2.24) is 20.5 Å². The molecule has 0 saturated heterocycles. The van der Waals surface area contributed by atoms with Crippen molar-refractivity contribution in [3.63, 3.8) is 0 Å². The van der Waals surface area contributed by atoms with E-state index >= 15 is 0 Å².